The van der Waals surface area contributed by atoms with E-state index in [0.717, 1.165) is 24.3 Å². The van der Waals surface area contributed by atoms with Crippen molar-refractivity contribution in [1.82, 2.24) is 0 Å². The number of hydrogen-bond acceptors (Lipinski definition) is 24. The number of ether oxygens (including phenoxy) is 8. The molecule has 14 N–H and O–H groups in total. The molecule has 0 amide bonds. The lowest BCUT2D eigenvalue weighted by molar-refractivity contribution is -0.355. The molecular weight excluding hydrogens is 828 g/mol. The molecule has 17 atom stereocenters. The minimum atomic E-state index is -2.23. The Morgan fingerprint density at radius 3 is 2.15 bits per heavy atom. The van der Waals surface area contributed by atoms with E-state index in [0.29, 0.717) is 0 Å². The highest BCUT2D eigenvalue weighted by Gasteiger charge is 2.55. The highest BCUT2D eigenvalue weighted by atomic mass is 16.8. The predicted molar refractivity (Wildman–Crippen MR) is 193 cm³/mol. The molecule has 4 saturated heterocycles. The topological polar surface area (TPSA) is 387 Å². The molecule has 0 bridgehead atoms. The van der Waals surface area contributed by atoms with E-state index in [-0.39, 0.29) is 11.1 Å². The zero-order chi connectivity index (χ0) is 44.2. The molecule has 4 fully saturated rings. The average molecular weight is 875 g/mol. The molecule has 4 aliphatic rings. The predicted octanol–water partition coefficient (Wildman–Crippen LogP) is -4.76. The molecule has 0 radical (unpaired) electrons. The minimum absolute atomic E-state index is 0.128. The first-order valence-corrected chi connectivity index (χ1v) is 18.8. The second-order valence-electron chi connectivity index (χ2n) is 15.1. The van der Waals surface area contributed by atoms with Crippen LogP contribution in [0.1, 0.15) is 6.92 Å². The molecule has 24 heteroatoms. The van der Waals surface area contributed by atoms with Crippen LogP contribution < -0.4 is 10.2 Å². The number of phenols is 4. The first-order chi connectivity index (χ1) is 28.8. The van der Waals surface area contributed by atoms with Gasteiger partial charge in [-0.2, -0.15) is 0 Å². The van der Waals surface area contributed by atoms with E-state index in [2.05, 4.69) is 0 Å². The highest BCUT2D eigenvalue weighted by Crippen LogP contribution is 2.40. The van der Waals surface area contributed by atoms with Gasteiger partial charge in [0, 0.05) is 17.7 Å². The summed E-state index contributed by atoms with van der Waals surface area (Å²) in [5.41, 5.74) is -3.87. The number of rotatable bonds is 11. The normalized spacial score (nSPS) is 39.4. The van der Waals surface area contributed by atoms with Gasteiger partial charge in [-0.15, -0.1) is 0 Å². The van der Waals surface area contributed by atoms with Gasteiger partial charge in [0.15, 0.2) is 42.2 Å². The molecule has 0 unspecified atom stereocenters. The third kappa shape index (κ3) is 8.56. The van der Waals surface area contributed by atoms with Crippen LogP contribution in [0.5, 0.6) is 28.7 Å². The number of fused-ring (bicyclic) bond motifs is 1. The summed E-state index contributed by atoms with van der Waals surface area (Å²) < 4.78 is 51.2. The molecule has 0 spiro atoms. The van der Waals surface area contributed by atoms with Crippen LogP contribution in [0.25, 0.3) is 22.3 Å². The van der Waals surface area contributed by atoms with Crippen molar-refractivity contribution in [2.45, 2.75) is 111 Å². The first kappa shape index (κ1) is 45.0. The summed E-state index contributed by atoms with van der Waals surface area (Å²) in [6.45, 7) is -1.52. The van der Waals surface area contributed by atoms with Crippen LogP contribution in [0.3, 0.4) is 0 Å². The van der Waals surface area contributed by atoms with Crippen LogP contribution in [0.2, 0.25) is 0 Å². The molecule has 0 saturated carbocycles. The summed E-state index contributed by atoms with van der Waals surface area (Å²) in [5.74, 6) is -3.86. The summed E-state index contributed by atoms with van der Waals surface area (Å²) >= 11 is 0. The molecular formula is C37H46O24. The van der Waals surface area contributed by atoms with Crippen LogP contribution in [0, 0.1) is 0 Å². The molecule has 4 aliphatic heterocycles. The Hall–Kier alpha value is -4.03. The zero-order valence-corrected chi connectivity index (χ0v) is 31.8. The van der Waals surface area contributed by atoms with Crippen molar-refractivity contribution in [2.75, 3.05) is 26.4 Å². The molecule has 0 aliphatic carbocycles. The molecule has 7 rings (SSSR count). The SMILES string of the molecule is C[C@@H]1O[C@@H](OC[C@H]2O[C@@H](Oc3c(-c4ccc(O)c(O)c4)oc4cc(O)cc(O)c4c3=O)[C@H](O[C@@H]3OC[C@](O)(CO)[C@H]3O)[C@@H](O)[C@H]2O)[C@H](O)[C@H](O[C@@H]2OC[C@@H](O)[C@H](O)[C@H]2O)[C@H]1O. The number of aromatic hydroxyl groups is 4. The van der Waals surface area contributed by atoms with E-state index >= 15 is 0 Å². The summed E-state index contributed by atoms with van der Waals surface area (Å²) in [7, 11) is 0. The fourth-order valence-electron chi connectivity index (χ4n) is 7.23. The third-order valence-electron chi connectivity index (χ3n) is 10.9. The van der Waals surface area contributed by atoms with Gasteiger partial charge in [-0.25, -0.2) is 0 Å². The molecule has 2 aromatic carbocycles. The molecule has 61 heavy (non-hydrogen) atoms. The Balaban J connectivity index is 1.20. The Morgan fingerprint density at radius 1 is 0.738 bits per heavy atom. The number of benzene rings is 2. The van der Waals surface area contributed by atoms with E-state index in [9.17, 15) is 76.3 Å². The second-order valence-corrected chi connectivity index (χ2v) is 15.1. The third-order valence-corrected chi connectivity index (χ3v) is 10.9. The van der Waals surface area contributed by atoms with Gasteiger partial charge in [-0.1, -0.05) is 0 Å². The Kier molecular flexibility index (Phi) is 13.0. The van der Waals surface area contributed by atoms with Crippen molar-refractivity contribution in [3.05, 3.63) is 40.6 Å². The monoisotopic (exact) mass is 874 g/mol. The lowest BCUT2D eigenvalue weighted by Gasteiger charge is -2.45. The number of aliphatic hydroxyl groups is 10. The molecule has 338 valence electrons. The van der Waals surface area contributed by atoms with Gasteiger partial charge in [-0.3, -0.25) is 4.79 Å². The Bertz CT molecular complexity index is 2080. The van der Waals surface area contributed by atoms with Crippen molar-refractivity contribution in [3.8, 4) is 40.1 Å². The summed E-state index contributed by atoms with van der Waals surface area (Å²) in [6.07, 6.45) is -28.1. The summed E-state index contributed by atoms with van der Waals surface area (Å²) in [5, 5.41) is 147. The Morgan fingerprint density at radius 2 is 1.46 bits per heavy atom. The van der Waals surface area contributed by atoms with E-state index in [1.165, 1.54) is 13.0 Å². The van der Waals surface area contributed by atoms with Gasteiger partial charge in [-0.05, 0) is 25.1 Å². The summed E-state index contributed by atoms with van der Waals surface area (Å²) in [4.78, 5) is 14.2. The van der Waals surface area contributed by atoms with Crippen LogP contribution in [-0.2, 0) is 33.2 Å². The lowest BCUT2D eigenvalue weighted by atomic mass is 9.97. The fourth-order valence-corrected chi connectivity index (χ4v) is 7.23. The zero-order valence-electron chi connectivity index (χ0n) is 31.8. The number of aliphatic hydroxyl groups excluding tert-OH is 9. The van der Waals surface area contributed by atoms with Gasteiger partial charge in [0.05, 0.1) is 32.5 Å². The molecule has 3 aromatic rings. The second kappa shape index (κ2) is 17.6. The van der Waals surface area contributed by atoms with E-state index in [4.69, 9.17) is 42.3 Å². The quantitative estimate of drug-likeness (QED) is 0.0804. The highest BCUT2D eigenvalue weighted by molar-refractivity contribution is 5.88. The van der Waals surface area contributed by atoms with Crippen molar-refractivity contribution in [2.24, 2.45) is 0 Å². The standard InChI is InChI=1S/C37H46O24/c1-11-21(44)29(59-33-26(49)22(45)17(43)7-53-33)27(50)34(56-11)54-8-19-23(46)25(48)31(61-36-32(51)37(52,9-38)10-55-36)35(58-19)60-30-24(47)20-16(42)5-13(39)6-18(20)57-28(30)12-2-3-14(40)15(41)4-12/h2-6,11,17,19,21-23,25-27,29,31-36,38-46,48-52H,7-10H2,1H3/t11-,17+,19+,21-,22-,23-,25-,26+,27+,29+,31+,32-,33-,34+,35-,36-,37+/m0/s1. The summed E-state index contributed by atoms with van der Waals surface area (Å²) in [6, 6.07) is 4.99. The van der Waals surface area contributed by atoms with Gasteiger partial charge in [0.1, 0.15) is 89.1 Å². The maximum atomic E-state index is 14.2. The van der Waals surface area contributed by atoms with Crippen LogP contribution in [-0.4, -0.2) is 202 Å². The fraction of sp³-hybridized carbons (Fsp3) is 0.595. The van der Waals surface area contributed by atoms with Gasteiger partial charge < -0.3 is 114 Å². The Labute approximate surface area is 342 Å². The number of phenolic OH excluding ortho intramolecular Hbond substituents is 4. The molecule has 1 aromatic heterocycles. The maximum Gasteiger partial charge on any atom is 0.239 e. The number of hydrogen-bond donors (Lipinski definition) is 14. The maximum absolute atomic E-state index is 14.2. The lowest BCUT2D eigenvalue weighted by Crippen LogP contribution is -2.64. The van der Waals surface area contributed by atoms with Crippen molar-refractivity contribution in [3.63, 3.8) is 0 Å². The van der Waals surface area contributed by atoms with Crippen LogP contribution >= 0.6 is 0 Å². The minimum Gasteiger partial charge on any atom is -0.508 e. The first-order valence-electron chi connectivity index (χ1n) is 18.8. The van der Waals surface area contributed by atoms with Crippen molar-refractivity contribution < 1.29 is 114 Å². The van der Waals surface area contributed by atoms with E-state index in [1.54, 1.807) is 0 Å². The van der Waals surface area contributed by atoms with Crippen molar-refractivity contribution in [1.29, 1.82) is 0 Å². The van der Waals surface area contributed by atoms with E-state index < -0.39 is 176 Å². The smallest absolute Gasteiger partial charge is 0.239 e. The van der Waals surface area contributed by atoms with Crippen LogP contribution in [0.15, 0.2) is 39.5 Å². The molecule has 24 nitrogen and oxygen atoms in total. The largest absolute Gasteiger partial charge is 0.508 e. The average Bonchev–Trinajstić information content (AvgIpc) is 3.50. The van der Waals surface area contributed by atoms with Crippen molar-refractivity contribution >= 4 is 11.0 Å². The molecule has 5 heterocycles. The van der Waals surface area contributed by atoms with Gasteiger partial charge in [0.25, 0.3) is 0 Å². The van der Waals surface area contributed by atoms with Gasteiger partial charge >= 0.3 is 0 Å². The van der Waals surface area contributed by atoms with E-state index in [1.807, 2.05) is 0 Å². The van der Waals surface area contributed by atoms with Gasteiger partial charge in [0.2, 0.25) is 17.5 Å². The van der Waals surface area contributed by atoms with Crippen LogP contribution in [0.4, 0.5) is 0 Å².